The Morgan fingerprint density at radius 3 is 1.74 bits per heavy atom. The molecule has 21 heteroatoms. The number of ether oxygens (including phenoxy) is 7. The van der Waals surface area contributed by atoms with Crippen molar-refractivity contribution in [3.63, 3.8) is 0 Å². The first-order valence-corrected chi connectivity index (χ1v) is 30.7. The molecule has 0 saturated heterocycles. The molecule has 0 aliphatic carbocycles. The molecule has 18 nitrogen and oxygen atoms in total. The second-order valence-electron chi connectivity index (χ2n) is 20.7. The summed E-state index contributed by atoms with van der Waals surface area (Å²) in [7, 11) is 3.19. The molecular weight excluding hydrogens is 1080 g/mol. The number of para-hydroxylation sites is 2. The quantitative estimate of drug-likeness (QED) is 0.0243. The fraction of sp³-hybridized carbons (Fsp3) is 0.441. The van der Waals surface area contributed by atoms with E-state index in [0.29, 0.717) is 110 Å². The Morgan fingerprint density at radius 2 is 1.24 bits per heavy atom. The van der Waals surface area contributed by atoms with Crippen molar-refractivity contribution in [1.29, 1.82) is 0 Å². The van der Waals surface area contributed by atoms with Crippen LogP contribution in [-0.4, -0.2) is 139 Å². The minimum atomic E-state index is -4.55. The summed E-state index contributed by atoms with van der Waals surface area (Å²) in [6, 6.07) is 29.2. The average Bonchev–Trinajstić information content (AvgIpc) is 3.96. The van der Waals surface area contributed by atoms with Gasteiger partial charge >= 0.3 is 0 Å². The maximum Gasteiger partial charge on any atom is 0.275 e. The second kappa shape index (κ2) is 26.1. The number of carbonyl (C=O) groups is 3. The van der Waals surface area contributed by atoms with E-state index in [4.69, 9.17) is 33.2 Å². The Kier molecular flexibility index (Phi) is 19.1. The molecule has 80 heavy (non-hydrogen) atoms. The highest BCUT2D eigenvalue weighted by molar-refractivity contribution is 8.77. The molecule has 0 fully saturated rings. The van der Waals surface area contributed by atoms with Crippen LogP contribution in [0.1, 0.15) is 76.6 Å². The van der Waals surface area contributed by atoms with Gasteiger partial charge in [-0.3, -0.25) is 18.9 Å². The monoisotopic (exact) mass is 1150 g/mol. The van der Waals surface area contributed by atoms with Crippen LogP contribution in [0.5, 0.6) is 23.0 Å². The average molecular weight is 1150 g/mol. The van der Waals surface area contributed by atoms with Crippen LogP contribution in [-0.2, 0) is 55.2 Å². The van der Waals surface area contributed by atoms with Crippen LogP contribution >= 0.6 is 21.6 Å². The minimum absolute atomic E-state index is 0.00346. The van der Waals surface area contributed by atoms with E-state index in [1.807, 2.05) is 64.4 Å². The summed E-state index contributed by atoms with van der Waals surface area (Å²) in [6.45, 7) is 10.1. The maximum atomic E-state index is 14.3. The number of hydrogen-bond donors (Lipinski definition) is 3. The number of ketones is 1. The smallest absolute Gasteiger partial charge is 0.275 e. The summed E-state index contributed by atoms with van der Waals surface area (Å²) in [5.41, 5.74) is 8.81. The molecular formula is C59H71N5O13S3. The Bertz CT molecular complexity index is 3010. The van der Waals surface area contributed by atoms with Gasteiger partial charge in [0.1, 0.15) is 18.5 Å². The third kappa shape index (κ3) is 13.6. The first-order valence-electron chi connectivity index (χ1n) is 26.9. The fourth-order valence-electron chi connectivity index (χ4n) is 10.7. The van der Waals surface area contributed by atoms with Crippen molar-refractivity contribution in [1.82, 2.24) is 0 Å². The number of anilines is 5. The molecule has 4 aliphatic heterocycles. The molecule has 0 saturated carbocycles. The number of nitrogens with one attached hydrogen (secondary N) is 2. The summed E-state index contributed by atoms with van der Waals surface area (Å²) >= 11 is 0. The molecule has 9 rings (SSSR count). The lowest BCUT2D eigenvalue weighted by atomic mass is 10.1. The van der Waals surface area contributed by atoms with Gasteiger partial charge in [0.05, 0.1) is 81.8 Å². The highest BCUT2D eigenvalue weighted by Gasteiger charge is 2.40. The van der Waals surface area contributed by atoms with Crippen molar-refractivity contribution in [2.45, 2.75) is 81.7 Å². The van der Waals surface area contributed by atoms with Crippen LogP contribution in [0.2, 0.25) is 0 Å². The summed E-state index contributed by atoms with van der Waals surface area (Å²) in [5.74, 6) is 1.27. The van der Waals surface area contributed by atoms with Crippen LogP contribution in [0, 0.1) is 0 Å². The van der Waals surface area contributed by atoms with Gasteiger partial charge in [-0.05, 0) is 97.8 Å². The van der Waals surface area contributed by atoms with Crippen molar-refractivity contribution in [2.75, 3.05) is 112 Å². The zero-order chi connectivity index (χ0) is 56.6. The van der Waals surface area contributed by atoms with Crippen LogP contribution in [0.3, 0.4) is 0 Å². The Balaban J connectivity index is 1.00. The van der Waals surface area contributed by atoms with E-state index in [2.05, 4.69) is 53.6 Å². The molecule has 3 N–H and O–H groups in total. The van der Waals surface area contributed by atoms with E-state index in [-0.39, 0.29) is 50.0 Å². The number of Topliss-reactive ketones (excluding diaryl/α,β-unsaturated/α-hetero) is 1. The van der Waals surface area contributed by atoms with Gasteiger partial charge in [-0.25, -0.2) is 0 Å². The molecule has 5 aromatic rings. The predicted octanol–water partition coefficient (Wildman–Crippen LogP) is 9.13. The zero-order valence-electron chi connectivity index (χ0n) is 46.1. The van der Waals surface area contributed by atoms with Gasteiger partial charge in [0, 0.05) is 79.4 Å². The van der Waals surface area contributed by atoms with Gasteiger partial charge in [-0.1, -0.05) is 64.9 Å². The van der Waals surface area contributed by atoms with E-state index in [9.17, 15) is 27.4 Å². The van der Waals surface area contributed by atoms with Crippen LogP contribution < -0.4 is 44.3 Å². The predicted molar refractivity (Wildman–Crippen MR) is 315 cm³/mol. The van der Waals surface area contributed by atoms with E-state index >= 15 is 0 Å². The molecule has 3 atom stereocenters. The third-order valence-corrected chi connectivity index (χ3v) is 19.1. The van der Waals surface area contributed by atoms with E-state index in [1.165, 1.54) is 10.8 Å². The molecule has 1 unspecified atom stereocenters. The first kappa shape index (κ1) is 58.5. The second-order valence-corrected chi connectivity index (χ2v) is 25.4. The summed E-state index contributed by atoms with van der Waals surface area (Å²) < 4.78 is 75.7. The molecule has 428 valence electrons. The SMILES string of the molecule is CCC(=O)C(CCSSC(C)(C)CN(CCOCCOCCOC)c1cc(COc2cc3c(cc2OC)C(=O)N2c4ccccc4C[C@H]2CN3)cc(COc2cc3c(cc2OC)C(=O)N2c4ccccc4C[C@H]2CN3)c1)S(=O)(=O)O. The summed E-state index contributed by atoms with van der Waals surface area (Å²) in [5, 5.41) is 5.58. The van der Waals surface area contributed by atoms with Crippen molar-refractivity contribution in [2.24, 2.45) is 0 Å². The summed E-state index contributed by atoms with van der Waals surface area (Å²) in [4.78, 5) is 47.0. The molecule has 0 aromatic heterocycles. The highest BCUT2D eigenvalue weighted by Crippen LogP contribution is 2.44. The van der Waals surface area contributed by atoms with Gasteiger partial charge in [0.15, 0.2) is 28.8 Å². The standard InChI is InChI=1S/C59H71N5O13S3/c1-7-51(65)56(80(68,69)70)16-23-78-79-59(2,3)37-62(17-18-74-21-22-75-20-19-71-4)42-25-38(35-76-54-31-47-45(29-52(54)72-5)57(66)63-43(33-60-47)27-40-12-8-10-14-49(40)63)24-39(26-42)36-77-55-32-48-46(30-53(55)73-6)58(67)64-44(34-61-48)28-41-13-9-11-15-50(41)64/h8-15,24-26,29-32,43-44,56,60-61H,7,16-23,27-28,33-37H2,1-6H3,(H,68,69,70)/t43-,44-,56?/m0/s1. The lowest BCUT2D eigenvalue weighted by molar-refractivity contribution is -0.118. The van der Waals surface area contributed by atoms with Crippen LogP contribution in [0.4, 0.5) is 28.4 Å². The topological polar surface area (TPSA) is 204 Å². The van der Waals surface area contributed by atoms with Crippen LogP contribution in [0.15, 0.2) is 91.0 Å². The number of amides is 2. The lowest BCUT2D eigenvalue weighted by Gasteiger charge is -2.34. The Labute approximate surface area is 476 Å². The van der Waals surface area contributed by atoms with Gasteiger partial charge in [0.2, 0.25) is 0 Å². The molecule has 0 bridgehead atoms. The summed E-state index contributed by atoms with van der Waals surface area (Å²) in [6.07, 6.45) is 1.48. The molecule has 0 radical (unpaired) electrons. The van der Waals surface area contributed by atoms with E-state index < -0.39 is 25.9 Å². The Morgan fingerprint density at radius 1 is 0.725 bits per heavy atom. The first-order chi connectivity index (χ1) is 38.6. The molecule has 4 heterocycles. The maximum absolute atomic E-state index is 14.3. The third-order valence-electron chi connectivity index (χ3n) is 14.6. The Hall–Kier alpha value is -6.20. The lowest BCUT2D eigenvalue weighted by Crippen LogP contribution is -2.39. The van der Waals surface area contributed by atoms with Crippen molar-refractivity contribution < 1.29 is 60.5 Å². The minimum Gasteiger partial charge on any atom is -0.493 e. The number of fused-ring (bicyclic) bond motifs is 8. The number of carbonyl (C=O) groups excluding carboxylic acids is 3. The fourth-order valence-corrected chi connectivity index (χ4v) is 14.4. The number of benzene rings is 5. The van der Waals surface area contributed by atoms with Crippen molar-refractivity contribution >= 4 is 77.7 Å². The number of hydrogen-bond acceptors (Lipinski definition) is 17. The number of rotatable bonds is 28. The van der Waals surface area contributed by atoms with Gasteiger partial charge in [0.25, 0.3) is 21.9 Å². The molecule has 4 aliphatic rings. The van der Waals surface area contributed by atoms with Gasteiger partial charge in [-0.15, -0.1) is 0 Å². The van der Waals surface area contributed by atoms with E-state index in [1.54, 1.807) is 51.2 Å². The molecule has 0 spiro atoms. The van der Waals surface area contributed by atoms with E-state index in [0.717, 1.165) is 52.2 Å². The molecule has 2 amide bonds. The normalized spacial score (nSPS) is 16.6. The number of methoxy groups -OCH3 is 3. The van der Waals surface area contributed by atoms with Crippen molar-refractivity contribution in [3.05, 3.63) is 124 Å². The number of nitrogens with zero attached hydrogens (tertiary/aromatic N) is 3. The van der Waals surface area contributed by atoms with Crippen molar-refractivity contribution in [3.8, 4) is 23.0 Å². The molecule has 5 aromatic carbocycles. The largest absolute Gasteiger partial charge is 0.493 e. The van der Waals surface area contributed by atoms with Crippen LogP contribution in [0.25, 0.3) is 0 Å². The van der Waals surface area contributed by atoms with Gasteiger partial charge < -0.3 is 58.5 Å². The highest BCUT2D eigenvalue weighted by atomic mass is 33.1. The van der Waals surface area contributed by atoms with Gasteiger partial charge in [-0.2, -0.15) is 8.42 Å². The zero-order valence-corrected chi connectivity index (χ0v) is 48.6.